The lowest BCUT2D eigenvalue weighted by Gasteiger charge is -2.08. The maximum absolute atomic E-state index is 9.24. The van der Waals surface area contributed by atoms with Crippen LogP contribution in [-0.4, -0.2) is 26.6 Å². The van der Waals surface area contributed by atoms with E-state index in [0.717, 1.165) is 0 Å². The Morgan fingerprint density at radius 3 is 2.67 bits per heavy atom. The minimum Gasteiger partial charge on any atom is -0.391 e. The topological polar surface area (TPSA) is 85.2 Å². The van der Waals surface area contributed by atoms with E-state index in [0.29, 0.717) is 22.7 Å². The van der Waals surface area contributed by atoms with E-state index < -0.39 is 12.1 Å². The van der Waals surface area contributed by atoms with E-state index in [9.17, 15) is 5.11 Å². The zero-order valence-corrected chi connectivity index (χ0v) is 9.99. The van der Waals surface area contributed by atoms with Crippen LogP contribution in [0.25, 0.3) is 0 Å². The quantitative estimate of drug-likeness (QED) is 0.789. The van der Waals surface area contributed by atoms with E-state index in [-0.39, 0.29) is 0 Å². The Labute approximate surface area is 93.4 Å². The first-order chi connectivity index (χ1) is 7.00. The van der Waals surface area contributed by atoms with Gasteiger partial charge >= 0.3 is 0 Å². The molecule has 1 aromatic heterocycles. The van der Waals surface area contributed by atoms with Crippen molar-refractivity contribution in [3.63, 3.8) is 0 Å². The fourth-order valence-corrected chi connectivity index (χ4v) is 1.51. The van der Waals surface area contributed by atoms with Crippen LogP contribution in [0.15, 0.2) is 4.52 Å². The van der Waals surface area contributed by atoms with Gasteiger partial charge in [0.2, 0.25) is 5.89 Å². The number of aliphatic hydroxyl groups excluding tert-OH is 1. The number of nitrogens with zero attached hydrogens (tertiary/aromatic N) is 2. The Hall–Kier alpha value is -0.590. The van der Waals surface area contributed by atoms with Crippen molar-refractivity contribution in [3.05, 3.63) is 11.7 Å². The molecule has 3 N–H and O–H groups in total. The summed E-state index contributed by atoms with van der Waals surface area (Å²) < 4.78 is 4.96. The van der Waals surface area contributed by atoms with E-state index in [1.807, 2.05) is 0 Å². The van der Waals surface area contributed by atoms with Gasteiger partial charge in [-0.05, 0) is 12.2 Å². The molecule has 0 saturated carbocycles. The number of aromatic nitrogens is 2. The molecule has 0 radical (unpaired) electrons. The largest absolute Gasteiger partial charge is 0.391 e. The number of nitrogens with two attached hydrogens (primary N) is 1. The van der Waals surface area contributed by atoms with Crippen molar-refractivity contribution >= 4 is 11.8 Å². The third kappa shape index (κ3) is 3.81. The predicted molar refractivity (Wildman–Crippen MR) is 59.3 cm³/mol. The summed E-state index contributed by atoms with van der Waals surface area (Å²) in [6.45, 7) is 5.80. The fourth-order valence-electron chi connectivity index (χ4n) is 0.909. The first kappa shape index (κ1) is 12.5. The Kier molecular flexibility index (Phi) is 4.56. The number of aliphatic hydroxyl groups is 1. The van der Waals surface area contributed by atoms with Gasteiger partial charge in [-0.2, -0.15) is 16.7 Å². The molecule has 6 heteroatoms. The summed E-state index contributed by atoms with van der Waals surface area (Å²) in [5, 5.41) is 13.6. The number of rotatable bonds is 5. The lowest BCUT2D eigenvalue weighted by Crippen LogP contribution is -2.23. The first-order valence-electron chi connectivity index (χ1n) is 4.88. The number of thioether (sulfide) groups is 1. The lowest BCUT2D eigenvalue weighted by atomic mass is 10.2. The third-order valence-corrected chi connectivity index (χ3v) is 2.93. The molecular weight excluding hydrogens is 214 g/mol. The summed E-state index contributed by atoms with van der Waals surface area (Å²) in [6, 6.07) is -0.602. The van der Waals surface area contributed by atoms with Gasteiger partial charge in [0.05, 0.1) is 11.9 Å². The highest BCUT2D eigenvalue weighted by atomic mass is 32.2. The molecule has 0 aliphatic carbocycles. The first-order valence-corrected chi connectivity index (χ1v) is 5.93. The van der Waals surface area contributed by atoms with Gasteiger partial charge in [0, 0.05) is 0 Å². The van der Waals surface area contributed by atoms with Gasteiger partial charge in [0.15, 0.2) is 5.82 Å². The molecule has 1 heterocycles. The number of hydrogen-bond acceptors (Lipinski definition) is 6. The molecule has 2 atom stereocenters. The van der Waals surface area contributed by atoms with Crippen LogP contribution in [0.4, 0.5) is 0 Å². The molecule has 0 spiro atoms. The zero-order valence-electron chi connectivity index (χ0n) is 9.17. The summed E-state index contributed by atoms with van der Waals surface area (Å²) in [4.78, 5) is 4.12. The minimum absolute atomic E-state index is 0.296. The van der Waals surface area contributed by atoms with Gasteiger partial charge in [-0.1, -0.05) is 19.0 Å². The Balaban J connectivity index is 2.56. The second kappa shape index (κ2) is 5.48. The van der Waals surface area contributed by atoms with Crippen molar-refractivity contribution in [1.82, 2.24) is 10.1 Å². The number of hydrogen-bond donors (Lipinski definition) is 2. The highest BCUT2D eigenvalue weighted by Crippen LogP contribution is 2.17. The molecule has 0 amide bonds. The molecule has 0 saturated heterocycles. The van der Waals surface area contributed by atoms with Crippen molar-refractivity contribution in [2.45, 2.75) is 43.9 Å². The average molecular weight is 231 g/mol. The van der Waals surface area contributed by atoms with Crippen molar-refractivity contribution in [2.75, 3.05) is 0 Å². The molecular formula is C9H17N3O2S. The van der Waals surface area contributed by atoms with Crippen LogP contribution in [0.5, 0.6) is 0 Å². The van der Waals surface area contributed by atoms with E-state index in [1.54, 1.807) is 18.7 Å². The molecule has 0 aliphatic rings. The van der Waals surface area contributed by atoms with Crippen molar-refractivity contribution in [2.24, 2.45) is 5.73 Å². The van der Waals surface area contributed by atoms with Gasteiger partial charge in [-0.25, -0.2) is 0 Å². The van der Waals surface area contributed by atoms with Gasteiger partial charge in [-0.15, -0.1) is 0 Å². The summed E-state index contributed by atoms with van der Waals surface area (Å²) in [5.74, 6) is 1.62. The Morgan fingerprint density at radius 2 is 2.13 bits per heavy atom. The van der Waals surface area contributed by atoms with Crippen LogP contribution < -0.4 is 5.73 Å². The van der Waals surface area contributed by atoms with E-state index >= 15 is 0 Å². The lowest BCUT2D eigenvalue weighted by molar-refractivity contribution is 0.146. The molecule has 0 aromatic carbocycles. The van der Waals surface area contributed by atoms with Crippen molar-refractivity contribution in [3.8, 4) is 0 Å². The fraction of sp³-hybridized carbons (Fsp3) is 0.778. The average Bonchev–Trinajstić information content (AvgIpc) is 2.61. The standard InChI is InChI=1S/C9H17N3O2S/c1-5(2)15-4-7-11-9(14-12-7)8(10)6(3)13/h5-6,8,13H,4,10H2,1-3H3/t6-,8+/m1/s1. The second-order valence-corrected chi connectivity index (χ2v) is 5.24. The van der Waals surface area contributed by atoms with Crippen LogP contribution in [0, 0.1) is 0 Å². The molecule has 5 nitrogen and oxygen atoms in total. The molecule has 1 rings (SSSR count). The predicted octanol–water partition coefficient (Wildman–Crippen LogP) is 1.09. The minimum atomic E-state index is -0.684. The summed E-state index contributed by atoms with van der Waals surface area (Å²) >= 11 is 1.73. The highest BCUT2D eigenvalue weighted by Gasteiger charge is 2.19. The highest BCUT2D eigenvalue weighted by molar-refractivity contribution is 7.99. The second-order valence-electron chi connectivity index (χ2n) is 3.67. The zero-order chi connectivity index (χ0) is 11.4. The van der Waals surface area contributed by atoms with Crippen molar-refractivity contribution in [1.29, 1.82) is 0 Å². The molecule has 0 aliphatic heterocycles. The summed E-state index contributed by atoms with van der Waals surface area (Å²) in [7, 11) is 0. The molecule has 0 bridgehead atoms. The van der Waals surface area contributed by atoms with Gasteiger partial charge in [0.1, 0.15) is 6.04 Å². The van der Waals surface area contributed by atoms with Crippen LogP contribution in [0.1, 0.15) is 38.5 Å². The van der Waals surface area contributed by atoms with E-state index in [4.69, 9.17) is 10.3 Å². The SMILES string of the molecule is CC(C)SCc1noc([C@@H](N)[C@@H](C)O)n1. The van der Waals surface area contributed by atoms with Gasteiger partial charge < -0.3 is 15.4 Å². The maximum Gasteiger partial charge on any atom is 0.246 e. The summed E-state index contributed by atoms with van der Waals surface area (Å²) in [5.41, 5.74) is 5.65. The Bertz CT molecular complexity index is 301. The molecule has 15 heavy (non-hydrogen) atoms. The molecule has 0 unspecified atom stereocenters. The smallest absolute Gasteiger partial charge is 0.246 e. The van der Waals surface area contributed by atoms with E-state index in [1.165, 1.54) is 0 Å². The molecule has 1 aromatic rings. The summed E-state index contributed by atoms with van der Waals surface area (Å²) in [6.07, 6.45) is -0.684. The normalized spacial score (nSPS) is 15.6. The van der Waals surface area contributed by atoms with Crippen LogP contribution in [0.3, 0.4) is 0 Å². The van der Waals surface area contributed by atoms with Gasteiger partial charge in [-0.3, -0.25) is 0 Å². The molecule has 86 valence electrons. The van der Waals surface area contributed by atoms with Gasteiger partial charge in [0.25, 0.3) is 0 Å². The van der Waals surface area contributed by atoms with Crippen LogP contribution in [0.2, 0.25) is 0 Å². The third-order valence-electron chi connectivity index (χ3n) is 1.83. The maximum atomic E-state index is 9.24. The van der Waals surface area contributed by atoms with Crippen LogP contribution in [-0.2, 0) is 5.75 Å². The van der Waals surface area contributed by atoms with E-state index in [2.05, 4.69) is 24.0 Å². The van der Waals surface area contributed by atoms with Crippen LogP contribution >= 0.6 is 11.8 Å². The molecule has 0 fully saturated rings. The Morgan fingerprint density at radius 1 is 1.47 bits per heavy atom. The van der Waals surface area contributed by atoms with Crippen molar-refractivity contribution < 1.29 is 9.63 Å². The monoisotopic (exact) mass is 231 g/mol.